The standard InChI is InChI=1S/C54H71N7O20S3/c1-13-55-41-25-44(82-54-38(41)22-26(4)83(54,72)73)84(74,75)60-46(64)29(7)77-50(68)31(9)79-52(70)33(11)81-53(71)34(12)80-51(69)32(10)78-49(67)30(8)76-43(63)19-18-42(62)58-35-16-17-39-36(23-35)37(47(65)59-39)24-40-27(5)45(28(6)57-40)48(66)56-20-21-61(14-2)15-3/h16-17,23-26,29-34,41,55,57H,13-15,18-22H2,1-12H3,(H,56,66)(H,58,62)(H,59,65)(H,60,64)/b37-24-/t26-,29-,30-,31-,32-,33-,34-,41-/m0/s1. The van der Waals surface area contributed by atoms with Crippen molar-refractivity contribution in [2.24, 2.45) is 0 Å². The SMILES string of the molecule is CCN[C@H]1C=C(S(=O)(=O)NC(=O)[C@H](C)OC(=O)[C@H](C)OC(=O)[C@H](C)OC(=O)[C@H](C)OC(=O)[C@H](C)OC(=O)[C@H](C)OC(=O)CCC(=O)Nc2ccc3c(c2)/C(=C/c2[nH]c(C)c(C(=O)NCCN(CC)CC)c2C)C(=O)N3)SC2=C1C[C@H](C)S2(=O)=O. The molecule has 3 aliphatic rings. The van der Waals surface area contributed by atoms with Gasteiger partial charge in [-0.05, 0) is 130 Å². The number of sulfone groups is 1. The van der Waals surface area contributed by atoms with E-state index in [4.69, 9.17) is 28.4 Å². The van der Waals surface area contributed by atoms with Crippen molar-refractivity contribution >= 4 is 114 Å². The second-order valence-corrected chi connectivity index (χ2v) is 25.3. The number of H-pyrrole nitrogens is 1. The highest BCUT2D eigenvalue weighted by Gasteiger charge is 2.44. The molecule has 1 aromatic heterocycles. The molecule has 0 radical (unpaired) electrons. The zero-order valence-corrected chi connectivity index (χ0v) is 50.9. The molecule has 8 atom stereocenters. The first-order chi connectivity index (χ1) is 39.3. The molecule has 0 saturated carbocycles. The lowest BCUT2D eigenvalue weighted by Crippen LogP contribution is -2.42. The topological polar surface area (TPSA) is 374 Å². The number of aromatic nitrogens is 1. The molecule has 30 heteroatoms. The second kappa shape index (κ2) is 28.9. The molecule has 0 saturated heterocycles. The highest BCUT2D eigenvalue weighted by molar-refractivity contribution is 8.28. The van der Waals surface area contributed by atoms with Crippen molar-refractivity contribution in [3.63, 3.8) is 0 Å². The Morgan fingerprint density at radius 3 is 1.86 bits per heavy atom. The number of rotatable bonds is 27. The fraction of sp³-hybridized carbons (Fsp3) is 0.519. The number of carbonyl (C=O) groups is 10. The van der Waals surface area contributed by atoms with Crippen molar-refractivity contribution in [3.05, 3.63) is 66.4 Å². The molecule has 27 nitrogen and oxygen atoms in total. The van der Waals surface area contributed by atoms with Gasteiger partial charge in [0.1, 0.15) is 8.47 Å². The number of sulfonamides is 1. The Morgan fingerprint density at radius 2 is 1.32 bits per heavy atom. The minimum atomic E-state index is -4.67. The average Bonchev–Trinajstić information content (AvgIpc) is 1.90. The summed E-state index contributed by atoms with van der Waals surface area (Å²) in [4.78, 5) is 134. The van der Waals surface area contributed by atoms with Crippen LogP contribution in [0.5, 0.6) is 0 Å². The van der Waals surface area contributed by atoms with Gasteiger partial charge in [0, 0.05) is 47.8 Å². The smallest absolute Gasteiger partial charge is 0.347 e. The number of nitrogens with zero attached hydrogens (tertiary/aromatic N) is 1. The Labute approximate surface area is 490 Å². The van der Waals surface area contributed by atoms with Crippen LogP contribution in [0.25, 0.3) is 11.6 Å². The normalized spacial score (nSPS) is 18.8. The van der Waals surface area contributed by atoms with Gasteiger partial charge in [-0.15, -0.1) is 0 Å². The zero-order valence-electron chi connectivity index (χ0n) is 48.5. The molecule has 5 rings (SSSR count). The largest absolute Gasteiger partial charge is 0.451 e. The third-order valence-corrected chi connectivity index (χ3v) is 19.2. The Morgan fingerprint density at radius 1 is 0.786 bits per heavy atom. The molecule has 0 spiro atoms. The Hall–Kier alpha value is -7.41. The molecule has 2 aromatic rings. The summed E-state index contributed by atoms with van der Waals surface area (Å²) in [5.41, 5.74) is 4.32. The molecule has 3 aliphatic heterocycles. The first-order valence-electron chi connectivity index (χ1n) is 26.9. The number of thioether (sulfide) groups is 1. The summed E-state index contributed by atoms with van der Waals surface area (Å²) in [5.74, 6) is -9.88. The Balaban J connectivity index is 1.02. The van der Waals surface area contributed by atoms with E-state index in [1.807, 2.05) is 13.8 Å². The number of carbonyl (C=O) groups excluding carboxylic acids is 10. The Bertz CT molecular complexity index is 3270. The van der Waals surface area contributed by atoms with Gasteiger partial charge < -0.3 is 59.6 Å². The van der Waals surface area contributed by atoms with Gasteiger partial charge in [-0.1, -0.05) is 32.5 Å². The Kier molecular flexibility index (Phi) is 23.2. The molecule has 1 aromatic carbocycles. The van der Waals surface area contributed by atoms with Gasteiger partial charge >= 0.3 is 35.8 Å². The number of hydrogen-bond donors (Lipinski definition) is 6. The second-order valence-electron chi connectivity index (χ2n) is 19.8. The maximum atomic E-state index is 13.3. The van der Waals surface area contributed by atoms with E-state index in [1.54, 1.807) is 49.8 Å². The molecule has 4 heterocycles. The first kappa shape index (κ1) is 67.4. The third kappa shape index (κ3) is 16.9. The molecule has 0 bridgehead atoms. The van der Waals surface area contributed by atoms with Crippen LogP contribution < -0.4 is 26.0 Å². The molecular weight excluding hydrogens is 1160 g/mol. The number of hydrogen-bond acceptors (Lipinski definition) is 23. The van der Waals surface area contributed by atoms with Crippen LogP contribution in [-0.4, -0.2) is 167 Å². The molecule has 0 fully saturated rings. The van der Waals surface area contributed by atoms with E-state index in [0.717, 1.165) is 54.6 Å². The summed E-state index contributed by atoms with van der Waals surface area (Å²) in [7, 11) is -8.50. The summed E-state index contributed by atoms with van der Waals surface area (Å²) < 4.78 is 83.7. The average molecular weight is 1230 g/mol. The number of fused-ring (bicyclic) bond motifs is 1. The quantitative estimate of drug-likeness (QED) is 0.0425. The van der Waals surface area contributed by atoms with E-state index < -0.39 is 132 Å². The van der Waals surface area contributed by atoms with E-state index in [2.05, 4.69) is 31.2 Å². The van der Waals surface area contributed by atoms with E-state index in [0.29, 0.717) is 76.4 Å². The van der Waals surface area contributed by atoms with E-state index in [-0.39, 0.29) is 28.6 Å². The first-order valence-corrected chi connectivity index (χ1v) is 30.7. The molecule has 4 amide bonds. The molecule has 0 aliphatic carbocycles. The van der Waals surface area contributed by atoms with Gasteiger partial charge in [0.05, 0.1) is 28.8 Å². The van der Waals surface area contributed by atoms with Crippen LogP contribution in [0.3, 0.4) is 0 Å². The van der Waals surface area contributed by atoms with Crippen LogP contribution in [0.1, 0.15) is 121 Å². The van der Waals surface area contributed by atoms with E-state index >= 15 is 0 Å². The molecular formula is C54H71N7O20S3. The monoisotopic (exact) mass is 1230 g/mol. The lowest BCUT2D eigenvalue weighted by molar-refractivity contribution is -0.187. The summed E-state index contributed by atoms with van der Waals surface area (Å²) in [6.07, 6.45) is -7.95. The fourth-order valence-corrected chi connectivity index (χ4v) is 13.6. The number of anilines is 2. The van der Waals surface area contributed by atoms with Crippen LogP contribution >= 0.6 is 11.8 Å². The lowest BCUT2D eigenvalue weighted by Gasteiger charge is -2.23. The van der Waals surface area contributed by atoms with Crippen molar-refractivity contribution in [3.8, 4) is 0 Å². The number of amides is 4. The minimum absolute atomic E-state index is 0.123. The predicted octanol–water partition coefficient (Wildman–Crippen LogP) is 2.94. The van der Waals surface area contributed by atoms with Gasteiger partial charge in [0.25, 0.3) is 27.7 Å². The number of nitrogens with one attached hydrogen (secondary N) is 6. The van der Waals surface area contributed by atoms with Gasteiger partial charge in [0.2, 0.25) is 5.91 Å². The molecule has 0 unspecified atom stereocenters. The highest BCUT2D eigenvalue weighted by Crippen LogP contribution is 2.48. The summed E-state index contributed by atoms with van der Waals surface area (Å²) in [6, 6.07) is 3.98. The van der Waals surface area contributed by atoms with E-state index in [1.165, 1.54) is 13.0 Å². The van der Waals surface area contributed by atoms with Gasteiger partial charge in [0.15, 0.2) is 46.5 Å². The number of ether oxygens (including phenoxy) is 6. The number of aryl methyl sites for hydroxylation is 1. The lowest BCUT2D eigenvalue weighted by atomic mass is 10.0. The van der Waals surface area contributed by atoms with Gasteiger partial charge in [-0.25, -0.2) is 45.5 Å². The fourth-order valence-electron chi connectivity index (χ4n) is 8.53. The molecule has 460 valence electrons. The predicted molar refractivity (Wildman–Crippen MR) is 305 cm³/mol. The van der Waals surface area contributed by atoms with Crippen molar-refractivity contribution in [1.29, 1.82) is 0 Å². The van der Waals surface area contributed by atoms with Crippen LogP contribution in [0.4, 0.5) is 11.4 Å². The van der Waals surface area contributed by atoms with Crippen LogP contribution in [0.2, 0.25) is 0 Å². The van der Waals surface area contributed by atoms with Gasteiger partial charge in [-0.3, -0.25) is 24.0 Å². The van der Waals surface area contributed by atoms with Crippen molar-refractivity contribution < 1.29 is 93.2 Å². The zero-order chi connectivity index (χ0) is 62.7. The summed E-state index contributed by atoms with van der Waals surface area (Å²) in [5, 5.41) is 10.6. The van der Waals surface area contributed by atoms with Crippen LogP contribution in [0.15, 0.2) is 38.3 Å². The molecule has 6 N–H and O–H groups in total. The summed E-state index contributed by atoms with van der Waals surface area (Å²) in [6.45, 7) is 20.5. The number of benzene rings is 1. The maximum absolute atomic E-state index is 13.3. The minimum Gasteiger partial charge on any atom is -0.451 e. The van der Waals surface area contributed by atoms with Crippen LogP contribution in [0, 0.1) is 13.8 Å². The number of likely N-dealkylation sites (N-methyl/N-ethyl adjacent to an activating group) is 2. The number of esters is 6. The van der Waals surface area contributed by atoms with Crippen molar-refractivity contribution in [1.82, 2.24) is 25.2 Å². The molecule has 84 heavy (non-hydrogen) atoms. The van der Waals surface area contributed by atoms with E-state index in [9.17, 15) is 64.8 Å². The summed E-state index contributed by atoms with van der Waals surface area (Å²) >= 11 is 0.483. The third-order valence-electron chi connectivity index (χ3n) is 13.4. The number of aromatic amines is 1. The van der Waals surface area contributed by atoms with Crippen molar-refractivity contribution in [2.75, 3.05) is 43.4 Å². The van der Waals surface area contributed by atoms with Crippen molar-refractivity contribution in [2.45, 2.75) is 150 Å². The maximum Gasteiger partial charge on any atom is 0.347 e. The van der Waals surface area contributed by atoms with Crippen LogP contribution in [-0.2, 0) is 91.4 Å². The van der Waals surface area contributed by atoms with Gasteiger partial charge in [-0.2, -0.15) is 0 Å². The highest BCUT2D eigenvalue weighted by atomic mass is 32.3.